The molecule has 0 saturated heterocycles. The normalized spacial score (nSPS) is 11.5. The van der Waals surface area contributed by atoms with Gasteiger partial charge in [-0.25, -0.2) is 4.98 Å². The maximum Gasteiger partial charge on any atom is 0.277 e. The summed E-state index contributed by atoms with van der Waals surface area (Å²) in [6, 6.07) is 8.00. The number of thiazole rings is 1. The van der Waals surface area contributed by atoms with Crippen LogP contribution in [0.25, 0.3) is 17.1 Å². The molecule has 0 spiro atoms. The Morgan fingerprint density at radius 1 is 1.30 bits per heavy atom. The molecule has 20 heavy (non-hydrogen) atoms. The van der Waals surface area contributed by atoms with Gasteiger partial charge in [-0.15, -0.1) is 11.3 Å². The van der Waals surface area contributed by atoms with Crippen LogP contribution >= 0.6 is 22.9 Å². The molecule has 0 aliphatic heterocycles. The third-order valence-electron chi connectivity index (χ3n) is 3.05. The topological polar surface area (TPSA) is 34.4 Å². The molecule has 2 aromatic heterocycles. The first-order valence-electron chi connectivity index (χ1n) is 6.06. The van der Waals surface area contributed by atoms with Crippen molar-refractivity contribution in [3.05, 3.63) is 68.0 Å². The minimum Gasteiger partial charge on any atom is -0.267 e. The van der Waals surface area contributed by atoms with Crippen LogP contribution < -0.4 is 5.56 Å². The smallest absolute Gasteiger partial charge is 0.267 e. The number of rotatable bonds is 2. The van der Waals surface area contributed by atoms with Crippen molar-refractivity contribution >= 4 is 40.1 Å². The van der Waals surface area contributed by atoms with Gasteiger partial charge in [-0.2, -0.15) is 0 Å². The van der Waals surface area contributed by atoms with Crippen molar-refractivity contribution in [2.24, 2.45) is 0 Å². The van der Waals surface area contributed by atoms with E-state index in [2.05, 4.69) is 4.98 Å². The zero-order chi connectivity index (χ0) is 14.1. The largest absolute Gasteiger partial charge is 0.277 e. The Balaban J connectivity index is 2.09. The predicted molar refractivity (Wildman–Crippen MR) is 84.5 cm³/mol. The van der Waals surface area contributed by atoms with Crippen molar-refractivity contribution in [2.45, 2.75) is 6.92 Å². The van der Waals surface area contributed by atoms with Crippen molar-refractivity contribution in [3.8, 4) is 0 Å². The fourth-order valence-corrected chi connectivity index (χ4v) is 2.84. The van der Waals surface area contributed by atoms with E-state index in [0.717, 1.165) is 11.1 Å². The lowest BCUT2D eigenvalue weighted by molar-refractivity contribution is 1.07. The number of hydrogen-bond donors (Lipinski definition) is 0. The van der Waals surface area contributed by atoms with E-state index in [1.54, 1.807) is 12.3 Å². The van der Waals surface area contributed by atoms with E-state index in [4.69, 9.17) is 11.6 Å². The van der Waals surface area contributed by atoms with Gasteiger partial charge in [-0.05, 0) is 24.1 Å². The SMILES string of the molecule is Cc1ccccc1C=Cc1nc2sccn2c(=O)c1Cl. The lowest BCUT2D eigenvalue weighted by atomic mass is 10.1. The molecule has 0 N–H and O–H groups in total. The van der Waals surface area contributed by atoms with Crippen LogP contribution in [0, 0.1) is 6.92 Å². The Kier molecular flexibility index (Phi) is 3.42. The van der Waals surface area contributed by atoms with Crippen molar-refractivity contribution in [1.29, 1.82) is 0 Å². The zero-order valence-electron chi connectivity index (χ0n) is 10.7. The van der Waals surface area contributed by atoms with Crippen molar-refractivity contribution in [3.63, 3.8) is 0 Å². The van der Waals surface area contributed by atoms with Crippen molar-refractivity contribution < 1.29 is 0 Å². The summed E-state index contributed by atoms with van der Waals surface area (Å²) in [7, 11) is 0. The van der Waals surface area contributed by atoms with Gasteiger partial charge in [-0.1, -0.05) is 41.9 Å². The minimum atomic E-state index is -0.234. The first-order valence-corrected chi connectivity index (χ1v) is 7.31. The molecule has 3 aromatic rings. The van der Waals surface area contributed by atoms with E-state index in [1.807, 2.05) is 42.6 Å². The summed E-state index contributed by atoms with van der Waals surface area (Å²) < 4.78 is 1.46. The van der Waals surface area contributed by atoms with Gasteiger partial charge in [0.05, 0.1) is 5.69 Å². The molecule has 0 bridgehead atoms. The Morgan fingerprint density at radius 2 is 2.10 bits per heavy atom. The van der Waals surface area contributed by atoms with Gasteiger partial charge >= 0.3 is 0 Å². The van der Waals surface area contributed by atoms with E-state index in [-0.39, 0.29) is 10.6 Å². The summed E-state index contributed by atoms with van der Waals surface area (Å²) in [4.78, 5) is 17.1. The zero-order valence-corrected chi connectivity index (χ0v) is 12.3. The molecule has 2 heterocycles. The number of aryl methyl sites for hydroxylation is 1. The Morgan fingerprint density at radius 3 is 2.90 bits per heavy atom. The Hall–Kier alpha value is -1.91. The number of hydrogen-bond acceptors (Lipinski definition) is 3. The number of benzene rings is 1. The van der Waals surface area contributed by atoms with Crippen molar-refractivity contribution in [1.82, 2.24) is 9.38 Å². The van der Waals surface area contributed by atoms with Crippen molar-refractivity contribution in [2.75, 3.05) is 0 Å². The molecule has 1 aromatic carbocycles. The summed E-state index contributed by atoms with van der Waals surface area (Å²) >= 11 is 7.50. The number of nitrogens with zero attached hydrogens (tertiary/aromatic N) is 2. The maximum absolute atomic E-state index is 12.1. The van der Waals surface area contributed by atoms with Gasteiger partial charge in [0.25, 0.3) is 5.56 Å². The molecule has 0 aliphatic carbocycles. The molecule has 5 heteroatoms. The highest BCUT2D eigenvalue weighted by Crippen LogP contribution is 2.17. The predicted octanol–water partition coefficient (Wildman–Crippen LogP) is 3.89. The highest BCUT2D eigenvalue weighted by molar-refractivity contribution is 7.15. The van der Waals surface area contributed by atoms with E-state index in [1.165, 1.54) is 15.7 Å². The summed E-state index contributed by atoms with van der Waals surface area (Å²) in [6.45, 7) is 2.03. The second-order valence-electron chi connectivity index (χ2n) is 4.36. The van der Waals surface area contributed by atoms with Crippen LogP contribution in [-0.4, -0.2) is 9.38 Å². The molecule has 100 valence electrons. The van der Waals surface area contributed by atoms with Gasteiger partial charge in [0, 0.05) is 11.6 Å². The number of fused-ring (bicyclic) bond motifs is 1. The van der Waals surface area contributed by atoms with Crippen LogP contribution in [0.4, 0.5) is 0 Å². The molecule has 3 nitrogen and oxygen atoms in total. The Bertz CT molecular complexity index is 864. The van der Waals surface area contributed by atoms with E-state index in [9.17, 15) is 4.79 Å². The number of aromatic nitrogens is 2. The lowest BCUT2D eigenvalue weighted by Crippen LogP contribution is -2.14. The average molecular weight is 303 g/mol. The third kappa shape index (κ3) is 2.28. The number of halogens is 1. The molecule has 3 rings (SSSR count). The first-order chi connectivity index (χ1) is 9.66. The molecule has 0 amide bonds. The van der Waals surface area contributed by atoms with Gasteiger partial charge in [0.2, 0.25) is 0 Å². The average Bonchev–Trinajstić information content (AvgIpc) is 2.91. The summed E-state index contributed by atoms with van der Waals surface area (Å²) in [5, 5.41) is 1.96. The van der Waals surface area contributed by atoms with Crippen LogP contribution in [-0.2, 0) is 0 Å². The third-order valence-corrected chi connectivity index (χ3v) is 4.16. The fraction of sp³-hybridized carbons (Fsp3) is 0.0667. The molecule has 0 fully saturated rings. The summed E-state index contributed by atoms with van der Waals surface area (Å²) in [5.74, 6) is 0. The monoisotopic (exact) mass is 302 g/mol. The van der Waals surface area contributed by atoms with Crippen LogP contribution in [0.15, 0.2) is 40.6 Å². The van der Waals surface area contributed by atoms with Gasteiger partial charge in [0.1, 0.15) is 5.02 Å². The highest BCUT2D eigenvalue weighted by atomic mass is 35.5. The van der Waals surface area contributed by atoms with Gasteiger partial charge in [-0.3, -0.25) is 9.20 Å². The first kappa shape index (κ1) is 13.1. The maximum atomic E-state index is 12.1. The molecule has 0 atom stereocenters. The molecule has 0 saturated carbocycles. The summed E-state index contributed by atoms with van der Waals surface area (Å²) in [5.41, 5.74) is 2.51. The van der Waals surface area contributed by atoms with E-state index >= 15 is 0 Å². The summed E-state index contributed by atoms with van der Waals surface area (Å²) in [6.07, 6.45) is 5.38. The second-order valence-corrected chi connectivity index (χ2v) is 5.61. The van der Waals surface area contributed by atoms with E-state index in [0.29, 0.717) is 10.7 Å². The molecule has 0 radical (unpaired) electrons. The van der Waals surface area contributed by atoms with Gasteiger partial charge < -0.3 is 0 Å². The lowest BCUT2D eigenvalue weighted by Gasteiger charge is -2.00. The van der Waals surface area contributed by atoms with Crippen LogP contribution in [0.2, 0.25) is 5.02 Å². The van der Waals surface area contributed by atoms with Crippen LogP contribution in [0.3, 0.4) is 0 Å². The van der Waals surface area contributed by atoms with Gasteiger partial charge in [0.15, 0.2) is 4.96 Å². The minimum absolute atomic E-state index is 0.144. The molecule has 0 unspecified atom stereocenters. The molecule has 0 aliphatic rings. The second kappa shape index (κ2) is 5.23. The van der Waals surface area contributed by atoms with Crippen LogP contribution in [0.1, 0.15) is 16.8 Å². The Labute approximate surface area is 124 Å². The molecular formula is C15H11ClN2OS. The van der Waals surface area contributed by atoms with Crippen LogP contribution in [0.5, 0.6) is 0 Å². The highest BCUT2D eigenvalue weighted by Gasteiger charge is 2.09. The molecular weight excluding hydrogens is 292 g/mol. The standard InChI is InChI=1S/C15H11ClN2OS/c1-10-4-2-3-5-11(10)6-7-12-13(16)14(19)18-8-9-20-15(18)17-12/h2-9H,1H3. The fourth-order valence-electron chi connectivity index (χ4n) is 1.93. The quantitative estimate of drug-likeness (QED) is 0.720. The van der Waals surface area contributed by atoms with E-state index < -0.39 is 0 Å².